The Balaban J connectivity index is 1.80. The third-order valence-electron chi connectivity index (χ3n) is 5.25. The number of hydrogen-bond donors (Lipinski definition) is 1. The first-order valence-electron chi connectivity index (χ1n) is 10.4. The number of rotatable bonds is 9. The second kappa shape index (κ2) is 11.3. The smallest absolute Gasteiger partial charge is 0.243 e. The van der Waals surface area contributed by atoms with E-state index < -0.39 is 6.04 Å². The number of nitrogens with one attached hydrogen (secondary N) is 1. The van der Waals surface area contributed by atoms with Crippen LogP contribution in [-0.4, -0.2) is 29.9 Å². The molecule has 0 aliphatic heterocycles. The minimum Gasteiger partial charge on any atom is -0.497 e. The number of ether oxygens (including phenoxy) is 1. The molecule has 0 bridgehead atoms. The van der Waals surface area contributed by atoms with E-state index in [1.165, 1.54) is 6.92 Å². The van der Waals surface area contributed by atoms with Crippen molar-refractivity contribution in [3.8, 4) is 5.75 Å². The van der Waals surface area contributed by atoms with Gasteiger partial charge in [0.2, 0.25) is 11.8 Å². The lowest BCUT2D eigenvalue weighted by Gasteiger charge is -2.30. The first-order valence-corrected chi connectivity index (χ1v) is 10.8. The van der Waals surface area contributed by atoms with Gasteiger partial charge in [-0.2, -0.15) is 0 Å². The highest BCUT2D eigenvalue weighted by molar-refractivity contribution is 6.30. The maximum atomic E-state index is 13.3. The van der Waals surface area contributed by atoms with Crippen LogP contribution in [0, 0.1) is 0 Å². The molecule has 0 heterocycles. The second-order valence-corrected chi connectivity index (χ2v) is 7.98. The van der Waals surface area contributed by atoms with Crippen molar-refractivity contribution in [1.82, 2.24) is 10.2 Å². The first kappa shape index (κ1) is 23.4. The Morgan fingerprint density at radius 1 is 0.906 bits per heavy atom. The number of carbonyl (C=O) groups excluding carboxylic acids is 2. The maximum absolute atomic E-state index is 13.3. The zero-order valence-electron chi connectivity index (χ0n) is 18.3. The average Bonchev–Trinajstić information content (AvgIpc) is 2.81. The zero-order valence-corrected chi connectivity index (χ0v) is 19.0. The van der Waals surface area contributed by atoms with Crippen LogP contribution in [0.25, 0.3) is 0 Å². The number of methoxy groups -OCH3 is 1. The molecule has 2 amide bonds. The van der Waals surface area contributed by atoms with Crippen molar-refractivity contribution in [1.29, 1.82) is 0 Å². The lowest BCUT2D eigenvalue weighted by Crippen LogP contribution is -2.49. The molecule has 0 aliphatic carbocycles. The summed E-state index contributed by atoms with van der Waals surface area (Å²) in [5.41, 5.74) is 2.84. The quantitative estimate of drug-likeness (QED) is 0.517. The Hall–Kier alpha value is -3.31. The Kier molecular flexibility index (Phi) is 8.28. The van der Waals surface area contributed by atoms with Gasteiger partial charge in [0.05, 0.1) is 7.11 Å². The van der Waals surface area contributed by atoms with Gasteiger partial charge in [0.15, 0.2) is 0 Å². The molecule has 0 unspecified atom stereocenters. The number of hydrogen-bond acceptors (Lipinski definition) is 3. The van der Waals surface area contributed by atoms with Crippen molar-refractivity contribution in [3.05, 3.63) is 101 Å². The fraction of sp³-hybridized carbons (Fsp3) is 0.231. The average molecular weight is 451 g/mol. The molecule has 1 atom stereocenters. The van der Waals surface area contributed by atoms with Crippen molar-refractivity contribution in [2.45, 2.75) is 32.5 Å². The van der Waals surface area contributed by atoms with Gasteiger partial charge in [-0.25, -0.2) is 0 Å². The fourth-order valence-electron chi connectivity index (χ4n) is 3.46. The van der Waals surface area contributed by atoms with Crippen molar-refractivity contribution < 1.29 is 14.3 Å². The first-order chi connectivity index (χ1) is 15.5. The molecule has 32 heavy (non-hydrogen) atoms. The van der Waals surface area contributed by atoms with E-state index in [-0.39, 0.29) is 11.8 Å². The summed E-state index contributed by atoms with van der Waals surface area (Å²) in [4.78, 5) is 27.5. The van der Waals surface area contributed by atoms with E-state index in [9.17, 15) is 9.59 Å². The third kappa shape index (κ3) is 6.59. The Labute approximate surface area is 194 Å². The van der Waals surface area contributed by atoms with Gasteiger partial charge in [-0.05, 0) is 41.0 Å². The lowest BCUT2D eigenvalue weighted by atomic mass is 10.0. The van der Waals surface area contributed by atoms with Gasteiger partial charge in [0, 0.05) is 31.5 Å². The predicted octanol–water partition coefficient (Wildman–Crippen LogP) is 4.62. The summed E-state index contributed by atoms with van der Waals surface area (Å²) in [5, 5.41) is 3.62. The molecule has 0 aromatic heterocycles. The summed E-state index contributed by atoms with van der Waals surface area (Å²) in [5.74, 6) is 0.391. The van der Waals surface area contributed by atoms with Crippen LogP contribution >= 0.6 is 11.6 Å². The van der Waals surface area contributed by atoms with Crippen molar-refractivity contribution in [3.63, 3.8) is 0 Å². The van der Waals surface area contributed by atoms with E-state index in [2.05, 4.69) is 5.32 Å². The molecule has 166 valence electrons. The molecule has 0 saturated carbocycles. The summed E-state index contributed by atoms with van der Waals surface area (Å²) in [6.07, 6.45) is 0.419. The predicted molar refractivity (Wildman–Crippen MR) is 126 cm³/mol. The van der Waals surface area contributed by atoms with Gasteiger partial charge in [0.1, 0.15) is 11.8 Å². The minimum atomic E-state index is -0.649. The minimum absolute atomic E-state index is 0.166. The highest BCUT2D eigenvalue weighted by atomic mass is 35.5. The molecule has 3 aromatic rings. The van der Waals surface area contributed by atoms with Crippen LogP contribution in [0.15, 0.2) is 78.9 Å². The maximum Gasteiger partial charge on any atom is 0.243 e. The summed E-state index contributed by atoms with van der Waals surface area (Å²) in [7, 11) is 1.61. The van der Waals surface area contributed by atoms with Gasteiger partial charge in [0.25, 0.3) is 0 Å². The molecule has 6 heteroatoms. The number of benzene rings is 3. The van der Waals surface area contributed by atoms with E-state index in [1.54, 1.807) is 24.1 Å². The van der Waals surface area contributed by atoms with Crippen LogP contribution in [0.2, 0.25) is 5.02 Å². The molecule has 0 aliphatic rings. The molecule has 1 N–H and O–H groups in total. The molecular formula is C26H27ClN2O3. The van der Waals surface area contributed by atoms with Gasteiger partial charge in [-0.15, -0.1) is 0 Å². The number of nitrogens with zero attached hydrogens (tertiary/aromatic N) is 1. The molecule has 3 rings (SSSR count). The zero-order chi connectivity index (χ0) is 22.9. The molecule has 0 radical (unpaired) electrons. The van der Waals surface area contributed by atoms with Crippen LogP contribution in [0.5, 0.6) is 5.75 Å². The monoisotopic (exact) mass is 450 g/mol. The number of carbonyl (C=O) groups is 2. The van der Waals surface area contributed by atoms with Gasteiger partial charge in [-0.3, -0.25) is 9.59 Å². The Bertz CT molecular complexity index is 1020. The SMILES string of the molecule is COc1ccc(CNC(=O)[C@H](Cc2ccccc2)N(Cc2ccc(Cl)cc2)C(C)=O)cc1. The van der Waals surface area contributed by atoms with E-state index in [1.807, 2.05) is 66.7 Å². The largest absolute Gasteiger partial charge is 0.497 e. The molecule has 3 aromatic carbocycles. The van der Waals surface area contributed by atoms with E-state index >= 15 is 0 Å². The third-order valence-corrected chi connectivity index (χ3v) is 5.50. The van der Waals surface area contributed by atoms with Crippen molar-refractivity contribution in [2.75, 3.05) is 7.11 Å². The molecule has 0 saturated heterocycles. The molecular weight excluding hydrogens is 424 g/mol. The van der Waals surface area contributed by atoms with E-state index in [0.717, 1.165) is 22.4 Å². The van der Waals surface area contributed by atoms with Crippen molar-refractivity contribution >= 4 is 23.4 Å². The summed E-state index contributed by atoms with van der Waals surface area (Å²) >= 11 is 6.00. The van der Waals surface area contributed by atoms with Crippen LogP contribution in [0.1, 0.15) is 23.6 Å². The van der Waals surface area contributed by atoms with E-state index in [4.69, 9.17) is 16.3 Å². The lowest BCUT2D eigenvalue weighted by molar-refractivity contribution is -0.139. The number of halogens is 1. The number of amides is 2. The topological polar surface area (TPSA) is 58.6 Å². The van der Waals surface area contributed by atoms with Crippen LogP contribution < -0.4 is 10.1 Å². The highest BCUT2D eigenvalue weighted by Crippen LogP contribution is 2.17. The van der Waals surface area contributed by atoms with Crippen LogP contribution in [0.4, 0.5) is 0 Å². The second-order valence-electron chi connectivity index (χ2n) is 7.54. The standard InChI is InChI=1S/C26H27ClN2O3/c1-19(30)29(18-22-8-12-23(27)13-9-22)25(16-20-6-4-3-5-7-20)26(31)28-17-21-10-14-24(32-2)15-11-21/h3-15,25H,16-18H2,1-2H3,(H,28,31)/t25-/m0/s1. The fourth-order valence-corrected chi connectivity index (χ4v) is 3.59. The summed E-state index contributed by atoms with van der Waals surface area (Å²) in [6, 6.07) is 23.9. The van der Waals surface area contributed by atoms with E-state index in [0.29, 0.717) is 24.5 Å². The van der Waals surface area contributed by atoms with Gasteiger partial charge in [-0.1, -0.05) is 66.2 Å². The van der Waals surface area contributed by atoms with Gasteiger partial charge < -0.3 is 15.0 Å². The molecule has 0 spiro atoms. The molecule has 0 fully saturated rings. The van der Waals surface area contributed by atoms with Crippen LogP contribution in [-0.2, 0) is 29.1 Å². The van der Waals surface area contributed by atoms with Crippen LogP contribution in [0.3, 0.4) is 0 Å². The highest BCUT2D eigenvalue weighted by Gasteiger charge is 2.28. The van der Waals surface area contributed by atoms with Crippen molar-refractivity contribution in [2.24, 2.45) is 0 Å². The normalized spacial score (nSPS) is 11.5. The van der Waals surface area contributed by atoms with Gasteiger partial charge >= 0.3 is 0 Å². The summed E-state index contributed by atoms with van der Waals surface area (Å²) < 4.78 is 5.18. The molecule has 5 nitrogen and oxygen atoms in total. The summed E-state index contributed by atoms with van der Waals surface area (Å²) in [6.45, 7) is 2.17. The Morgan fingerprint density at radius 3 is 2.12 bits per heavy atom. The Morgan fingerprint density at radius 2 is 1.53 bits per heavy atom.